The van der Waals surface area contributed by atoms with Crippen LogP contribution in [0.1, 0.15) is 30.9 Å². The van der Waals surface area contributed by atoms with Crippen molar-refractivity contribution in [2.45, 2.75) is 33.6 Å². The largest absolute Gasteiger partial charge is 0.494 e. The van der Waals surface area contributed by atoms with Crippen molar-refractivity contribution < 1.29 is 14.3 Å². The van der Waals surface area contributed by atoms with Crippen LogP contribution in [0.4, 0.5) is 11.4 Å². The molecule has 0 aliphatic carbocycles. The summed E-state index contributed by atoms with van der Waals surface area (Å²) in [6.45, 7) is 5.71. The average molecular weight is 375 g/mol. The fourth-order valence-corrected chi connectivity index (χ4v) is 2.54. The molecule has 2 aromatic carbocycles. The molecule has 0 saturated carbocycles. The molecule has 2 aromatic rings. The Morgan fingerprint density at radius 1 is 1.04 bits per heavy atom. The van der Waals surface area contributed by atoms with Gasteiger partial charge in [-0.05, 0) is 67.8 Å². The van der Waals surface area contributed by atoms with Gasteiger partial charge in [-0.2, -0.15) is 0 Å². The molecule has 0 unspecified atom stereocenters. The van der Waals surface area contributed by atoms with Crippen molar-refractivity contribution in [1.29, 1.82) is 0 Å². The van der Waals surface area contributed by atoms with E-state index in [-0.39, 0.29) is 11.8 Å². The third-order valence-corrected chi connectivity index (χ3v) is 4.19. The smallest absolute Gasteiger partial charge is 0.224 e. The number of halogens is 1. The van der Waals surface area contributed by atoms with Gasteiger partial charge in [0, 0.05) is 29.7 Å². The van der Waals surface area contributed by atoms with Crippen molar-refractivity contribution >= 4 is 34.8 Å². The van der Waals surface area contributed by atoms with Gasteiger partial charge in [0.15, 0.2) is 0 Å². The van der Waals surface area contributed by atoms with E-state index in [4.69, 9.17) is 16.3 Å². The van der Waals surface area contributed by atoms with E-state index in [0.717, 1.165) is 22.6 Å². The van der Waals surface area contributed by atoms with Crippen LogP contribution in [-0.4, -0.2) is 18.4 Å². The highest BCUT2D eigenvalue weighted by atomic mass is 35.5. The minimum absolute atomic E-state index is 0.0763. The van der Waals surface area contributed by atoms with Gasteiger partial charge in [0.25, 0.3) is 0 Å². The molecule has 0 heterocycles. The van der Waals surface area contributed by atoms with Crippen molar-refractivity contribution in [2.75, 3.05) is 17.2 Å². The van der Waals surface area contributed by atoms with E-state index in [9.17, 15) is 9.59 Å². The summed E-state index contributed by atoms with van der Waals surface area (Å²) in [7, 11) is 0. The van der Waals surface area contributed by atoms with Crippen LogP contribution in [0.5, 0.6) is 5.75 Å². The molecule has 26 heavy (non-hydrogen) atoms. The number of rotatable bonds is 7. The molecule has 0 saturated heterocycles. The Hall–Kier alpha value is -2.53. The molecule has 0 atom stereocenters. The number of hydrogen-bond acceptors (Lipinski definition) is 3. The van der Waals surface area contributed by atoms with Crippen LogP contribution in [0.25, 0.3) is 0 Å². The maximum atomic E-state index is 12.0. The van der Waals surface area contributed by atoms with E-state index in [0.29, 0.717) is 30.2 Å². The highest BCUT2D eigenvalue weighted by molar-refractivity contribution is 6.31. The SMILES string of the molecule is CC(=O)Nc1ccc(NC(=O)CCCOc2ccc(Cl)c(C)c2)cc1C. The number of carbonyl (C=O) groups excluding carboxylic acids is 2. The van der Waals surface area contributed by atoms with Gasteiger partial charge in [-0.25, -0.2) is 0 Å². The van der Waals surface area contributed by atoms with Gasteiger partial charge in [-0.3, -0.25) is 9.59 Å². The second kappa shape index (κ2) is 9.25. The zero-order chi connectivity index (χ0) is 19.1. The molecule has 138 valence electrons. The maximum absolute atomic E-state index is 12.0. The number of benzene rings is 2. The number of nitrogens with one attached hydrogen (secondary N) is 2. The maximum Gasteiger partial charge on any atom is 0.224 e. The van der Waals surface area contributed by atoms with Crippen molar-refractivity contribution in [3.05, 3.63) is 52.5 Å². The molecule has 0 radical (unpaired) electrons. The monoisotopic (exact) mass is 374 g/mol. The Bertz CT molecular complexity index is 806. The zero-order valence-corrected chi connectivity index (χ0v) is 15.9. The first-order chi connectivity index (χ1) is 12.3. The molecule has 0 bridgehead atoms. The summed E-state index contributed by atoms with van der Waals surface area (Å²) < 4.78 is 5.64. The molecular weight excluding hydrogens is 352 g/mol. The minimum atomic E-state index is -0.124. The topological polar surface area (TPSA) is 67.4 Å². The molecule has 6 heteroatoms. The predicted molar refractivity (Wildman–Crippen MR) is 105 cm³/mol. The normalized spacial score (nSPS) is 10.3. The van der Waals surface area contributed by atoms with Crippen LogP contribution in [-0.2, 0) is 9.59 Å². The first-order valence-electron chi connectivity index (χ1n) is 8.42. The molecule has 0 aliphatic rings. The second-order valence-electron chi connectivity index (χ2n) is 6.12. The lowest BCUT2D eigenvalue weighted by Gasteiger charge is -2.11. The Kier molecular flexibility index (Phi) is 7.04. The molecule has 0 aromatic heterocycles. The summed E-state index contributed by atoms with van der Waals surface area (Å²) in [4.78, 5) is 23.2. The van der Waals surface area contributed by atoms with Gasteiger partial charge < -0.3 is 15.4 Å². The minimum Gasteiger partial charge on any atom is -0.494 e. The summed E-state index contributed by atoms with van der Waals surface area (Å²) in [6, 6.07) is 10.9. The molecule has 5 nitrogen and oxygen atoms in total. The lowest BCUT2D eigenvalue weighted by Crippen LogP contribution is -2.13. The average Bonchev–Trinajstić information content (AvgIpc) is 2.57. The highest BCUT2D eigenvalue weighted by Gasteiger charge is 2.06. The quantitative estimate of drug-likeness (QED) is 0.689. The standard InChI is InChI=1S/C20H23ClN2O3/c1-13-12-17(7-8-18(13)21)26-10-4-5-20(25)23-16-6-9-19(14(2)11-16)22-15(3)24/h6-9,11-12H,4-5,10H2,1-3H3,(H,22,24)(H,23,25). The van der Waals surface area contributed by atoms with E-state index in [1.54, 1.807) is 18.2 Å². The van der Waals surface area contributed by atoms with Gasteiger partial charge in [0.1, 0.15) is 5.75 Å². The van der Waals surface area contributed by atoms with E-state index in [1.165, 1.54) is 6.92 Å². The van der Waals surface area contributed by atoms with Gasteiger partial charge in [-0.1, -0.05) is 11.6 Å². The second-order valence-corrected chi connectivity index (χ2v) is 6.53. The summed E-state index contributed by atoms with van der Waals surface area (Å²) in [5, 5.41) is 6.30. The van der Waals surface area contributed by atoms with E-state index in [1.807, 2.05) is 32.0 Å². The number of hydrogen-bond donors (Lipinski definition) is 2. The van der Waals surface area contributed by atoms with E-state index in [2.05, 4.69) is 10.6 Å². The van der Waals surface area contributed by atoms with Crippen LogP contribution < -0.4 is 15.4 Å². The summed E-state index contributed by atoms with van der Waals surface area (Å²) in [6.07, 6.45) is 0.968. The van der Waals surface area contributed by atoms with Crippen molar-refractivity contribution in [1.82, 2.24) is 0 Å². The number of aryl methyl sites for hydroxylation is 2. The zero-order valence-electron chi connectivity index (χ0n) is 15.2. The third kappa shape index (κ3) is 6.08. The van der Waals surface area contributed by atoms with Gasteiger partial charge in [0.2, 0.25) is 11.8 Å². The van der Waals surface area contributed by atoms with E-state index >= 15 is 0 Å². The molecular formula is C20H23ClN2O3. The molecule has 0 fully saturated rings. The van der Waals surface area contributed by atoms with E-state index < -0.39 is 0 Å². The van der Waals surface area contributed by atoms with Crippen molar-refractivity contribution in [2.24, 2.45) is 0 Å². The molecule has 2 N–H and O–H groups in total. The summed E-state index contributed by atoms with van der Waals surface area (Å²) in [5.74, 6) is 0.546. The molecule has 2 rings (SSSR count). The van der Waals surface area contributed by atoms with Crippen molar-refractivity contribution in [3.8, 4) is 5.75 Å². The Balaban J connectivity index is 1.77. The fraction of sp³-hybridized carbons (Fsp3) is 0.300. The number of ether oxygens (including phenoxy) is 1. The Morgan fingerprint density at radius 3 is 2.46 bits per heavy atom. The number of amides is 2. The summed E-state index contributed by atoms with van der Waals surface area (Å²) in [5.41, 5.74) is 3.29. The van der Waals surface area contributed by atoms with Gasteiger partial charge in [-0.15, -0.1) is 0 Å². The first kappa shape index (κ1) is 19.8. The van der Waals surface area contributed by atoms with Crippen LogP contribution in [0, 0.1) is 13.8 Å². The fourth-order valence-electron chi connectivity index (χ4n) is 2.42. The lowest BCUT2D eigenvalue weighted by molar-refractivity contribution is -0.116. The third-order valence-electron chi connectivity index (χ3n) is 3.77. The van der Waals surface area contributed by atoms with Crippen LogP contribution in [0.15, 0.2) is 36.4 Å². The Labute approximate surface area is 158 Å². The lowest BCUT2D eigenvalue weighted by atomic mass is 10.1. The number of anilines is 2. The Morgan fingerprint density at radius 2 is 1.81 bits per heavy atom. The first-order valence-corrected chi connectivity index (χ1v) is 8.80. The van der Waals surface area contributed by atoms with Crippen LogP contribution in [0.2, 0.25) is 5.02 Å². The van der Waals surface area contributed by atoms with Crippen LogP contribution >= 0.6 is 11.6 Å². The summed E-state index contributed by atoms with van der Waals surface area (Å²) >= 11 is 5.98. The van der Waals surface area contributed by atoms with Crippen molar-refractivity contribution in [3.63, 3.8) is 0 Å². The molecule has 0 spiro atoms. The number of carbonyl (C=O) groups is 2. The van der Waals surface area contributed by atoms with Crippen LogP contribution in [0.3, 0.4) is 0 Å². The molecule has 2 amide bonds. The predicted octanol–water partition coefficient (Wildman–Crippen LogP) is 4.71. The van der Waals surface area contributed by atoms with Gasteiger partial charge in [0.05, 0.1) is 6.61 Å². The molecule has 0 aliphatic heterocycles. The highest BCUT2D eigenvalue weighted by Crippen LogP contribution is 2.22. The van der Waals surface area contributed by atoms with Gasteiger partial charge >= 0.3 is 0 Å².